The van der Waals surface area contributed by atoms with E-state index in [0.29, 0.717) is 11.5 Å². The van der Waals surface area contributed by atoms with Crippen LogP contribution in [-0.2, 0) is 11.3 Å². The van der Waals surface area contributed by atoms with Gasteiger partial charge in [0, 0.05) is 13.1 Å². The molecule has 0 aliphatic carbocycles. The van der Waals surface area contributed by atoms with Crippen LogP contribution >= 0.6 is 0 Å². The lowest BCUT2D eigenvalue weighted by Crippen LogP contribution is -2.34. The Morgan fingerprint density at radius 2 is 1.89 bits per heavy atom. The number of rotatable bonds is 7. The van der Waals surface area contributed by atoms with Crippen LogP contribution in [0, 0.1) is 5.92 Å². The molecule has 1 fully saturated rings. The molecule has 2 aromatic rings. The van der Waals surface area contributed by atoms with Gasteiger partial charge in [0.2, 0.25) is 5.91 Å². The highest BCUT2D eigenvalue weighted by Crippen LogP contribution is 2.30. The maximum absolute atomic E-state index is 12.7. The number of amides is 1. The minimum Gasteiger partial charge on any atom is -0.493 e. The molecular weight excluding hydrogens is 340 g/mol. The minimum absolute atomic E-state index is 0.0382. The van der Waals surface area contributed by atoms with Crippen molar-refractivity contribution in [1.29, 1.82) is 0 Å². The molecule has 5 heteroatoms. The first-order chi connectivity index (χ1) is 13.1. The molecule has 1 heterocycles. The van der Waals surface area contributed by atoms with Crippen molar-refractivity contribution in [1.82, 2.24) is 10.2 Å². The van der Waals surface area contributed by atoms with Gasteiger partial charge in [0.1, 0.15) is 0 Å². The lowest BCUT2D eigenvalue weighted by Gasteiger charge is -2.19. The predicted octanol–water partition coefficient (Wildman–Crippen LogP) is 3.40. The van der Waals surface area contributed by atoms with Crippen LogP contribution in [0.25, 0.3) is 0 Å². The zero-order valence-electron chi connectivity index (χ0n) is 16.3. The molecule has 1 saturated heterocycles. The number of carbonyl (C=O) groups is 1. The molecule has 3 rings (SSSR count). The van der Waals surface area contributed by atoms with Gasteiger partial charge in [-0.15, -0.1) is 0 Å². The monoisotopic (exact) mass is 368 g/mol. The van der Waals surface area contributed by atoms with E-state index >= 15 is 0 Å². The highest BCUT2D eigenvalue weighted by molar-refractivity contribution is 5.79. The van der Waals surface area contributed by atoms with Crippen LogP contribution in [0.1, 0.15) is 30.5 Å². The number of hydrogen-bond acceptors (Lipinski definition) is 4. The van der Waals surface area contributed by atoms with Crippen molar-refractivity contribution in [3.8, 4) is 11.5 Å². The van der Waals surface area contributed by atoms with Crippen molar-refractivity contribution in [3.05, 3.63) is 59.7 Å². The van der Waals surface area contributed by atoms with Gasteiger partial charge in [0.15, 0.2) is 11.5 Å². The summed E-state index contributed by atoms with van der Waals surface area (Å²) in [4.78, 5) is 15.1. The average molecular weight is 368 g/mol. The van der Waals surface area contributed by atoms with Gasteiger partial charge in [-0.2, -0.15) is 0 Å². The second-order valence-corrected chi connectivity index (χ2v) is 7.05. The molecule has 2 atom stereocenters. The summed E-state index contributed by atoms with van der Waals surface area (Å²) in [7, 11) is 3.23. The van der Waals surface area contributed by atoms with Crippen LogP contribution in [0.5, 0.6) is 11.5 Å². The molecule has 1 N–H and O–H groups in total. The number of hydrogen-bond donors (Lipinski definition) is 1. The second kappa shape index (κ2) is 8.91. The van der Waals surface area contributed by atoms with E-state index < -0.39 is 0 Å². The van der Waals surface area contributed by atoms with Crippen molar-refractivity contribution in [2.75, 3.05) is 27.3 Å². The fourth-order valence-electron chi connectivity index (χ4n) is 3.57. The highest BCUT2D eigenvalue weighted by atomic mass is 16.5. The fourth-order valence-corrected chi connectivity index (χ4v) is 3.57. The molecule has 5 nitrogen and oxygen atoms in total. The Morgan fingerprint density at radius 3 is 2.59 bits per heavy atom. The SMILES string of the molecule is COc1ccc(C(C)NC(=O)C2CCN(Cc3ccccc3)C2)cc1OC. The standard InChI is InChI=1S/C22H28N2O3/c1-16(18-9-10-20(26-2)21(13-18)27-3)23-22(25)19-11-12-24(15-19)14-17-7-5-4-6-8-17/h4-10,13,16,19H,11-12,14-15H2,1-3H3,(H,23,25). The number of nitrogens with zero attached hydrogens (tertiary/aromatic N) is 1. The molecule has 27 heavy (non-hydrogen) atoms. The molecule has 0 saturated carbocycles. The Kier molecular flexibility index (Phi) is 6.35. The van der Waals surface area contributed by atoms with Crippen molar-refractivity contribution in [2.24, 2.45) is 5.92 Å². The van der Waals surface area contributed by atoms with Crippen LogP contribution in [-0.4, -0.2) is 38.1 Å². The normalized spacial score (nSPS) is 18.1. The molecule has 1 aliphatic rings. The van der Waals surface area contributed by atoms with Gasteiger partial charge in [-0.25, -0.2) is 0 Å². The number of carbonyl (C=O) groups excluding carboxylic acids is 1. The Balaban J connectivity index is 1.56. The largest absolute Gasteiger partial charge is 0.493 e. The number of benzene rings is 2. The van der Waals surface area contributed by atoms with Crippen LogP contribution in [0.2, 0.25) is 0 Å². The van der Waals surface area contributed by atoms with Crippen molar-refractivity contribution < 1.29 is 14.3 Å². The van der Waals surface area contributed by atoms with Gasteiger partial charge >= 0.3 is 0 Å². The number of nitrogens with one attached hydrogen (secondary N) is 1. The Morgan fingerprint density at radius 1 is 1.15 bits per heavy atom. The lowest BCUT2D eigenvalue weighted by molar-refractivity contribution is -0.125. The third kappa shape index (κ3) is 4.80. The van der Waals surface area contributed by atoms with E-state index in [-0.39, 0.29) is 17.9 Å². The van der Waals surface area contributed by atoms with E-state index in [1.54, 1.807) is 14.2 Å². The molecule has 0 spiro atoms. The lowest BCUT2D eigenvalue weighted by atomic mass is 10.0. The van der Waals surface area contributed by atoms with Crippen molar-refractivity contribution >= 4 is 5.91 Å². The molecule has 2 aromatic carbocycles. The summed E-state index contributed by atoms with van der Waals surface area (Å²) in [5.41, 5.74) is 2.29. The number of ether oxygens (including phenoxy) is 2. The summed E-state index contributed by atoms with van der Waals surface area (Å²) in [5, 5.41) is 3.15. The molecule has 1 amide bonds. The van der Waals surface area contributed by atoms with Gasteiger partial charge in [-0.05, 0) is 43.1 Å². The quantitative estimate of drug-likeness (QED) is 0.814. The summed E-state index contributed by atoms with van der Waals surface area (Å²) < 4.78 is 10.6. The summed E-state index contributed by atoms with van der Waals surface area (Å²) in [6.45, 7) is 4.66. The smallest absolute Gasteiger partial charge is 0.224 e. The van der Waals surface area contributed by atoms with E-state index in [2.05, 4.69) is 34.5 Å². The third-order valence-electron chi connectivity index (χ3n) is 5.16. The second-order valence-electron chi connectivity index (χ2n) is 7.05. The van der Waals surface area contributed by atoms with Gasteiger partial charge in [0.05, 0.1) is 26.2 Å². The fraction of sp³-hybridized carbons (Fsp3) is 0.409. The molecule has 0 radical (unpaired) electrons. The van der Waals surface area contributed by atoms with E-state index in [1.807, 2.05) is 31.2 Å². The summed E-state index contributed by atoms with van der Waals surface area (Å²) in [6, 6.07) is 16.1. The maximum atomic E-state index is 12.7. The highest BCUT2D eigenvalue weighted by Gasteiger charge is 2.29. The van der Waals surface area contributed by atoms with Crippen LogP contribution in [0.15, 0.2) is 48.5 Å². The van der Waals surface area contributed by atoms with Gasteiger partial charge in [0.25, 0.3) is 0 Å². The van der Waals surface area contributed by atoms with E-state index in [4.69, 9.17) is 9.47 Å². The first-order valence-electron chi connectivity index (χ1n) is 9.39. The average Bonchev–Trinajstić information content (AvgIpc) is 3.16. The van der Waals surface area contributed by atoms with E-state index in [1.165, 1.54) is 5.56 Å². The Labute approximate surface area is 161 Å². The Hall–Kier alpha value is -2.53. The summed E-state index contributed by atoms with van der Waals surface area (Å²) in [5.74, 6) is 1.52. The number of methoxy groups -OCH3 is 2. The molecule has 0 bridgehead atoms. The van der Waals surface area contributed by atoms with E-state index in [9.17, 15) is 4.79 Å². The molecule has 1 aliphatic heterocycles. The van der Waals surface area contributed by atoms with Crippen LogP contribution in [0.3, 0.4) is 0 Å². The van der Waals surface area contributed by atoms with E-state index in [0.717, 1.165) is 31.6 Å². The molecule has 144 valence electrons. The topological polar surface area (TPSA) is 50.8 Å². The summed E-state index contributed by atoms with van der Waals surface area (Å²) in [6.07, 6.45) is 0.900. The first kappa shape index (κ1) is 19.2. The zero-order chi connectivity index (χ0) is 19.2. The molecule has 2 unspecified atom stereocenters. The van der Waals surface area contributed by atoms with Crippen LogP contribution in [0.4, 0.5) is 0 Å². The summed E-state index contributed by atoms with van der Waals surface area (Å²) >= 11 is 0. The zero-order valence-corrected chi connectivity index (χ0v) is 16.3. The predicted molar refractivity (Wildman–Crippen MR) is 106 cm³/mol. The Bertz CT molecular complexity index is 763. The third-order valence-corrected chi connectivity index (χ3v) is 5.16. The van der Waals surface area contributed by atoms with Gasteiger partial charge in [-0.3, -0.25) is 9.69 Å². The number of likely N-dealkylation sites (tertiary alicyclic amines) is 1. The minimum atomic E-state index is -0.0829. The van der Waals surface area contributed by atoms with Crippen molar-refractivity contribution in [3.63, 3.8) is 0 Å². The van der Waals surface area contributed by atoms with Crippen LogP contribution < -0.4 is 14.8 Å². The molecular formula is C22H28N2O3. The van der Waals surface area contributed by atoms with Gasteiger partial charge in [-0.1, -0.05) is 36.4 Å². The van der Waals surface area contributed by atoms with Gasteiger partial charge < -0.3 is 14.8 Å². The van der Waals surface area contributed by atoms with Crippen molar-refractivity contribution in [2.45, 2.75) is 25.9 Å². The molecule has 0 aromatic heterocycles. The maximum Gasteiger partial charge on any atom is 0.224 e. The first-order valence-corrected chi connectivity index (χ1v) is 9.39.